The molecule has 8 heteroatoms. The number of nitrogens with one attached hydrogen (secondary N) is 2. The van der Waals surface area contributed by atoms with Crippen LogP contribution in [0.15, 0.2) is 47.5 Å². The lowest BCUT2D eigenvalue weighted by Crippen LogP contribution is -2.12. The smallest absolute Gasteiger partial charge is 0.264 e. The monoisotopic (exact) mass is 342 g/mol. The molecule has 2 aromatic carbocycles. The number of fused-ring (bicyclic) bond motifs is 1. The lowest BCUT2D eigenvalue weighted by molar-refractivity contribution is 0.509. The Kier molecular flexibility index (Phi) is 3.54. The van der Waals surface area contributed by atoms with Crippen LogP contribution in [0.25, 0.3) is 10.9 Å². The zero-order valence-corrected chi connectivity index (χ0v) is 12.5. The highest BCUT2D eigenvalue weighted by molar-refractivity contribution is 7.93. The van der Waals surface area contributed by atoms with E-state index < -0.39 is 21.7 Å². The molecule has 0 unspecified atom stereocenters. The first-order valence-electron chi connectivity index (χ1n) is 6.11. The average molecular weight is 343 g/mol. The summed E-state index contributed by atoms with van der Waals surface area (Å²) in [5.74, 6) is -2.18. The fourth-order valence-corrected chi connectivity index (χ4v) is 3.46. The molecular formula is C14H9ClF2N2O2S. The van der Waals surface area contributed by atoms with Crippen LogP contribution >= 0.6 is 11.6 Å². The van der Waals surface area contributed by atoms with Gasteiger partial charge < -0.3 is 4.98 Å². The number of halogens is 3. The molecule has 3 aromatic rings. The van der Waals surface area contributed by atoms with Gasteiger partial charge in [-0.25, -0.2) is 17.2 Å². The number of hydrogen-bond acceptors (Lipinski definition) is 2. The van der Waals surface area contributed by atoms with E-state index in [1.165, 1.54) is 6.20 Å². The third kappa shape index (κ3) is 2.65. The Labute approximate surface area is 129 Å². The highest BCUT2D eigenvalue weighted by atomic mass is 35.5. The number of hydrogen-bond donors (Lipinski definition) is 2. The lowest BCUT2D eigenvalue weighted by Gasteiger charge is -2.07. The standard InChI is InChI=1S/C14H9ClF2N2O2S/c15-8-1-3-10-13(5-8)18-7-14(10)22(20,21)19-9-2-4-11(16)12(17)6-9/h1-7,18-19H. The van der Waals surface area contributed by atoms with Crippen LogP contribution in [0.5, 0.6) is 0 Å². The van der Waals surface area contributed by atoms with E-state index in [4.69, 9.17) is 11.6 Å². The number of aromatic nitrogens is 1. The van der Waals surface area contributed by atoms with Crippen molar-refractivity contribution >= 4 is 38.2 Å². The zero-order valence-electron chi connectivity index (χ0n) is 10.9. The molecule has 4 nitrogen and oxygen atoms in total. The Morgan fingerprint density at radius 3 is 2.55 bits per heavy atom. The van der Waals surface area contributed by atoms with Crippen LogP contribution in [0.2, 0.25) is 5.02 Å². The van der Waals surface area contributed by atoms with Gasteiger partial charge in [-0.05, 0) is 30.3 Å². The minimum Gasteiger partial charge on any atom is -0.360 e. The van der Waals surface area contributed by atoms with Crippen molar-refractivity contribution in [1.82, 2.24) is 4.98 Å². The normalized spacial score (nSPS) is 11.8. The van der Waals surface area contributed by atoms with Gasteiger partial charge in [-0.3, -0.25) is 4.72 Å². The van der Waals surface area contributed by atoms with Crippen molar-refractivity contribution < 1.29 is 17.2 Å². The number of rotatable bonds is 3. The van der Waals surface area contributed by atoms with Gasteiger partial charge in [0.25, 0.3) is 10.0 Å². The van der Waals surface area contributed by atoms with Crippen LogP contribution in [-0.2, 0) is 10.0 Å². The maximum absolute atomic E-state index is 13.2. The first-order valence-corrected chi connectivity index (χ1v) is 7.97. The second-order valence-electron chi connectivity index (χ2n) is 4.58. The van der Waals surface area contributed by atoms with Gasteiger partial charge >= 0.3 is 0 Å². The number of H-pyrrole nitrogens is 1. The lowest BCUT2D eigenvalue weighted by atomic mass is 10.2. The van der Waals surface area contributed by atoms with E-state index in [1.807, 2.05) is 0 Å². The van der Waals surface area contributed by atoms with Crippen molar-refractivity contribution in [2.24, 2.45) is 0 Å². The van der Waals surface area contributed by atoms with Gasteiger partial charge in [0, 0.05) is 28.2 Å². The SMILES string of the molecule is O=S(=O)(Nc1ccc(F)c(F)c1)c1c[nH]c2cc(Cl)ccc12. The van der Waals surface area contributed by atoms with Crippen LogP contribution in [-0.4, -0.2) is 13.4 Å². The summed E-state index contributed by atoms with van der Waals surface area (Å²) in [5.41, 5.74) is 0.486. The number of benzene rings is 2. The van der Waals surface area contributed by atoms with Gasteiger partial charge in [-0.15, -0.1) is 0 Å². The van der Waals surface area contributed by atoms with Crippen molar-refractivity contribution in [2.45, 2.75) is 4.90 Å². The summed E-state index contributed by atoms with van der Waals surface area (Å²) in [6.45, 7) is 0. The Morgan fingerprint density at radius 1 is 1.05 bits per heavy atom. The Hall–Kier alpha value is -2.12. The molecule has 0 radical (unpaired) electrons. The third-order valence-electron chi connectivity index (χ3n) is 3.07. The average Bonchev–Trinajstić information content (AvgIpc) is 2.86. The minimum absolute atomic E-state index is 0.0103. The molecule has 0 fully saturated rings. The van der Waals surface area contributed by atoms with Gasteiger partial charge in [-0.2, -0.15) is 0 Å². The topological polar surface area (TPSA) is 62.0 Å². The van der Waals surface area contributed by atoms with Gasteiger partial charge in [0.2, 0.25) is 0 Å². The molecule has 2 N–H and O–H groups in total. The molecule has 0 spiro atoms. The van der Waals surface area contributed by atoms with Crippen LogP contribution in [0.3, 0.4) is 0 Å². The fourth-order valence-electron chi connectivity index (χ4n) is 2.06. The van der Waals surface area contributed by atoms with Gasteiger partial charge in [0.05, 0.1) is 5.69 Å². The molecular weight excluding hydrogens is 334 g/mol. The van der Waals surface area contributed by atoms with E-state index in [9.17, 15) is 17.2 Å². The molecule has 1 aromatic heterocycles. The molecule has 114 valence electrons. The molecule has 0 aliphatic heterocycles. The first kappa shape index (κ1) is 14.8. The van der Waals surface area contributed by atoms with Crippen LogP contribution < -0.4 is 4.72 Å². The molecule has 0 atom stereocenters. The van der Waals surface area contributed by atoms with E-state index in [1.54, 1.807) is 18.2 Å². The number of anilines is 1. The second-order valence-corrected chi connectivity index (χ2v) is 6.66. The largest absolute Gasteiger partial charge is 0.360 e. The van der Waals surface area contributed by atoms with E-state index in [0.717, 1.165) is 18.2 Å². The predicted octanol–water partition coefficient (Wildman–Crippen LogP) is 3.90. The molecule has 0 saturated heterocycles. The summed E-state index contributed by atoms with van der Waals surface area (Å²) < 4.78 is 53.0. The molecule has 0 saturated carbocycles. The first-order chi connectivity index (χ1) is 10.4. The van der Waals surface area contributed by atoms with Crippen LogP contribution in [0.4, 0.5) is 14.5 Å². The molecule has 3 rings (SSSR count). The Bertz CT molecular complexity index is 970. The molecule has 22 heavy (non-hydrogen) atoms. The quantitative estimate of drug-likeness (QED) is 0.758. The summed E-state index contributed by atoms with van der Waals surface area (Å²) in [6, 6.07) is 7.48. The summed E-state index contributed by atoms with van der Waals surface area (Å²) in [7, 11) is -3.95. The minimum atomic E-state index is -3.95. The fraction of sp³-hybridized carbons (Fsp3) is 0. The van der Waals surface area contributed by atoms with Crippen LogP contribution in [0, 0.1) is 11.6 Å². The maximum Gasteiger partial charge on any atom is 0.264 e. The summed E-state index contributed by atoms with van der Waals surface area (Å²) >= 11 is 5.84. The van der Waals surface area contributed by atoms with Crippen LogP contribution in [0.1, 0.15) is 0 Å². The highest BCUT2D eigenvalue weighted by Crippen LogP contribution is 2.27. The van der Waals surface area contributed by atoms with E-state index in [2.05, 4.69) is 9.71 Å². The predicted molar refractivity (Wildman–Crippen MR) is 80.5 cm³/mol. The molecule has 0 aliphatic rings. The zero-order chi connectivity index (χ0) is 15.9. The van der Waals surface area contributed by atoms with E-state index >= 15 is 0 Å². The molecule has 0 aliphatic carbocycles. The summed E-state index contributed by atoms with van der Waals surface area (Å²) in [5, 5.41) is 0.909. The van der Waals surface area contributed by atoms with Crippen molar-refractivity contribution in [3.8, 4) is 0 Å². The van der Waals surface area contributed by atoms with Crippen molar-refractivity contribution in [3.05, 3.63) is 59.3 Å². The van der Waals surface area contributed by atoms with E-state index in [-0.39, 0.29) is 10.6 Å². The molecule has 0 amide bonds. The molecule has 0 bridgehead atoms. The highest BCUT2D eigenvalue weighted by Gasteiger charge is 2.19. The van der Waals surface area contributed by atoms with Gasteiger partial charge in [0.15, 0.2) is 11.6 Å². The van der Waals surface area contributed by atoms with Crippen molar-refractivity contribution in [3.63, 3.8) is 0 Å². The summed E-state index contributed by atoms with van der Waals surface area (Å²) in [4.78, 5) is 2.79. The Morgan fingerprint density at radius 2 is 1.82 bits per heavy atom. The van der Waals surface area contributed by atoms with Crippen molar-refractivity contribution in [2.75, 3.05) is 4.72 Å². The summed E-state index contributed by atoms with van der Waals surface area (Å²) in [6.07, 6.45) is 1.31. The van der Waals surface area contributed by atoms with Crippen molar-refractivity contribution in [1.29, 1.82) is 0 Å². The number of aromatic amines is 1. The maximum atomic E-state index is 13.2. The van der Waals surface area contributed by atoms with Gasteiger partial charge in [0.1, 0.15) is 4.90 Å². The third-order valence-corrected chi connectivity index (χ3v) is 4.72. The Balaban J connectivity index is 2.02. The molecule has 1 heterocycles. The second kappa shape index (κ2) is 5.26. The van der Waals surface area contributed by atoms with E-state index in [0.29, 0.717) is 15.9 Å². The van der Waals surface area contributed by atoms with Gasteiger partial charge in [-0.1, -0.05) is 11.6 Å². The number of sulfonamides is 1.